The van der Waals surface area contributed by atoms with Gasteiger partial charge < -0.3 is 0 Å². The number of nitrogens with one attached hydrogen (secondary N) is 1. The summed E-state index contributed by atoms with van der Waals surface area (Å²) in [5, 5.41) is -0.348. The molecular formula is C8H19NO2S. The first-order valence-corrected chi connectivity index (χ1v) is 5.83. The lowest BCUT2D eigenvalue weighted by molar-refractivity contribution is 0.473. The van der Waals surface area contributed by atoms with Crippen LogP contribution in [0.1, 0.15) is 34.6 Å². The summed E-state index contributed by atoms with van der Waals surface area (Å²) >= 11 is 0. The molecule has 0 saturated carbocycles. The lowest BCUT2D eigenvalue weighted by atomic mass is 10.1. The zero-order valence-corrected chi connectivity index (χ0v) is 9.27. The number of hydrogen-bond donors (Lipinski definition) is 1. The largest absolute Gasteiger partial charge is 0.214 e. The van der Waals surface area contributed by atoms with Gasteiger partial charge in [0.2, 0.25) is 10.0 Å². The van der Waals surface area contributed by atoms with Crippen LogP contribution < -0.4 is 4.72 Å². The van der Waals surface area contributed by atoms with E-state index in [1.807, 2.05) is 20.8 Å². The minimum atomic E-state index is -3.09. The third kappa shape index (κ3) is 3.54. The van der Waals surface area contributed by atoms with E-state index in [1.54, 1.807) is 13.8 Å². The molecule has 0 unspecified atom stereocenters. The van der Waals surface area contributed by atoms with E-state index in [-0.39, 0.29) is 11.3 Å². The Morgan fingerprint density at radius 2 is 1.42 bits per heavy atom. The second kappa shape index (κ2) is 4.23. The van der Waals surface area contributed by atoms with Gasteiger partial charge in [0.25, 0.3) is 0 Å². The average Bonchev–Trinajstić information content (AvgIpc) is 1.85. The highest BCUT2D eigenvalue weighted by Gasteiger charge is 2.19. The molecule has 0 fully saturated rings. The zero-order valence-electron chi connectivity index (χ0n) is 8.46. The molecule has 0 saturated heterocycles. The second-order valence-corrected chi connectivity index (χ2v) is 6.01. The highest BCUT2D eigenvalue weighted by molar-refractivity contribution is 7.90. The molecule has 0 aliphatic heterocycles. The van der Waals surface area contributed by atoms with Gasteiger partial charge in [-0.25, -0.2) is 13.1 Å². The molecule has 1 atom stereocenters. The molecule has 0 aliphatic rings. The minimum Gasteiger partial charge on any atom is -0.212 e. The number of rotatable bonds is 4. The van der Waals surface area contributed by atoms with Gasteiger partial charge in [-0.15, -0.1) is 0 Å². The zero-order chi connectivity index (χ0) is 9.94. The predicted octanol–water partition coefficient (Wildman–Crippen LogP) is 1.36. The van der Waals surface area contributed by atoms with Crippen molar-refractivity contribution in [2.24, 2.45) is 5.92 Å². The summed E-state index contributed by atoms with van der Waals surface area (Å²) in [4.78, 5) is 0. The van der Waals surface area contributed by atoms with Crippen LogP contribution in [-0.2, 0) is 10.0 Å². The van der Waals surface area contributed by atoms with Gasteiger partial charge >= 0.3 is 0 Å². The molecular weight excluding hydrogens is 174 g/mol. The summed E-state index contributed by atoms with van der Waals surface area (Å²) in [6.07, 6.45) is 0. The Hall–Kier alpha value is -0.0900. The molecule has 0 amide bonds. The predicted molar refractivity (Wildman–Crippen MR) is 51.5 cm³/mol. The van der Waals surface area contributed by atoms with E-state index in [4.69, 9.17) is 0 Å². The lowest BCUT2D eigenvalue weighted by Gasteiger charge is -2.18. The van der Waals surface area contributed by atoms with Gasteiger partial charge in [0, 0.05) is 6.04 Å². The molecule has 0 bridgehead atoms. The fourth-order valence-corrected chi connectivity index (χ4v) is 1.59. The van der Waals surface area contributed by atoms with Gasteiger partial charge in [-0.1, -0.05) is 13.8 Å². The van der Waals surface area contributed by atoms with Gasteiger partial charge in [-0.3, -0.25) is 0 Å². The van der Waals surface area contributed by atoms with Crippen molar-refractivity contribution in [3.05, 3.63) is 0 Å². The molecule has 0 spiro atoms. The highest BCUT2D eigenvalue weighted by atomic mass is 32.2. The summed E-state index contributed by atoms with van der Waals surface area (Å²) < 4.78 is 25.3. The van der Waals surface area contributed by atoms with Crippen LogP contribution in [0.25, 0.3) is 0 Å². The molecule has 1 N–H and O–H groups in total. The van der Waals surface area contributed by atoms with Crippen molar-refractivity contribution in [3.8, 4) is 0 Å². The third-order valence-corrected chi connectivity index (χ3v) is 3.91. The quantitative estimate of drug-likeness (QED) is 0.732. The first kappa shape index (κ1) is 11.9. The van der Waals surface area contributed by atoms with Gasteiger partial charge in [-0.2, -0.15) is 0 Å². The Balaban J connectivity index is 4.27. The molecule has 74 valence electrons. The van der Waals surface area contributed by atoms with E-state index >= 15 is 0 Å². The van der Waals surface area contributed by atoms with Crippen LogP contribution in [0.4, 0.5) is 0 Å². The van der Waals surface area contributed by atoms with Crippen molar-refractivity contribution in [2.75, 3.05) is 0 Å². The molecule has 0 rings (SSSR count). The van der Waals surface area contributed by atoms with Crippen molar-refractivity contribution < 1.29 is 8.42 Å². The van der Waals surface area contributed by atoms with Crippen LogP contribution in [0.2, 0.25) is 0 Å². The van der Waals surface area contributed by atoms with E-state index in [0.717, 1.165) is 0 Å². The van der Waals surface area contributed by atoms with E-state index in [1.165, 1.54) is 0 Å². The topological polar surface area (TPSA) is 46.2 Å². The summed E-state index contributed by atoms with van der Waals surface area (Å²) in [5.41, 5.74) is 0. The van der Waals surface area contributed by atoms with Gasteiger partial charge in [0.1, 0.15) is 0 Å². The highest BCUT2D eigenvalue weighted by Crippen LogP contribution is 2.04. The van der Waals surface area contributed by atoms with Crippen molar-refractivity contribution >= 4 is 10.0 Å². The molecule has 0 heterocycles. The first-order chi connectivity index (χ1) is 5.27. The summed E-state index contributed by atoms with van der Waals surface area (Å²) in [5.74, 6) is 0.332. The van der Waals surface area contributed by atoms with Gasteiger partial charge in [0.05, 0.1) is 5.25 Å². The first-order valence-electron chi connectivity index (χ1n) is 4.28. The normalized spacial score (nSPS) is 15.6. The van der Waals surface area contributed by atoms with Crippen LogP contribution in [-0.4, -0.2) is 19.7 Å². The van der Waals surface area contributed by atoms with Crippen LogP contribution in [0.5, 0.6) is 0 Å². The summed E-state index contributed by atoms with van der Waals surface area (Å²) in [6.45, 7) is 9.22. The molecule has 0 aromatic heterocycles. The number of hydrogen-bond acceptors (Lipinski definition) is 2. The van der Waals surface area contributed by atoms with E-state index in [2.05, 4.69) is 4.72 Å². The maximum Gasteiger partial charge on any atom is 0.214 e. The van der Waals surface area contributed by atoms with E-state index < -0.39 is 10.0 Å². The van der Waals surface area contributed by atoms with Crippen LogP contribution in [0.3, 0.4) is 0 Å². The Labute approximate surface area is 75.6 Å². The molecule has 4 heteroatoms. The maximum absolute atomic E-state index is 11.3. The maximum atomic E-state index is 11.3. The minimum absolute atomic E-state index is 0.0115. The lowest BCUT2D eigenvalue weighted by Crippen LogP contribution is -2.39. The van der Waals surface area contributed by atoms with Crippen LogP contribution in [0, 0.1) is 5.92 Å². The van der Waals surface area contributed by atoms with E-state index in [9.17, 15) is 8.42 Å². The molecule has 0 aliphatic carbocycles. The van der Waals surface area contributed by atoms with Crippen molar-refractivity contribution in [1.82, 2.24) is 4.72 Å². The fraction of sp³-hybridized carbons (Fsp3) is 1.00. The monoisotopic (exact) mass is 193 g/mol. The molecule has 0 aromatic carbocycles. The van der Waals surface area contributed by atoms with Gasteiger partial charge in [-0.05, 0) is 26.7 Å². The van der Waals surface area contributed by atoms with Gasteiger partial charge in [0.15, 0.2) is 0 Å². The molecule has 0 aromatic rings. The SMILES string of the molecule is CC(C)[C@H](C)NS(=O)(=O)C(C)C. The summed E-state index contributed by atoms with van der Waals surface area (Å²) in [6, 6.07) is 0.0115. The molecule has 12 heavy (non-hydrogen) atoms. The Morgan fingerprint density at radius 3 is 1.67 bits per heavy atom. The second-order valence-electron chi connectivity index (χ2n) is 3.74. The molecule has 3 nitrogen and oxygen atoms in total. The molecule has 0 radical (unpaired) electrons. The Morgan fingerprint density at radius 1 is 1.00 bits per heavy atom. The van der Waals surface area contributed by atoms with Crippen molar-refractivity contribution in [2.45, 2.75) is 45.9 Å². The van der Waals surface area contributed by atoms with Crippen LogP contribution >= 0.6 is 0 Å². The third-order valence-electron chi connectivity index (χ3n) is 1.97. The van der Waals surface area contributed by atoms with Crippen molar-refractivity contribution in [1.29, 1.82) is 0 Å². The summed E-state index contributed by atoms with van der Waals surface area (Å²) in [7, 11) is -3.09. The van der Waals surface area contributed by atoms with Crippen molar-refractivity contribution in [3.63, 3.8) is 0 Å². The van der Waals surface area contributed by atoms with E-state index in [0.29, 0.717) is 5.92 Å². The fourth-order valence-electron chi connectivity index (χ4n) is 0.531. The Bertz CT molecular complexity index is 219. The number of sulfonamides is 1. The smallest absolute Gasteiger partial charge is 0.212 e. The average molecular weight is 193 g/mol. The Kier molecular flexibility index (Phi) is 4.20. The standard InChI is InChI=1S/C8H19NO2S/c1-6(2)8(5)9-12(10,11)7(3)4/h6-9H,1-5H3/t8-/m0/s1. The van der Waals surface area contributed by atoms with Crippen LogP contribution in [0.15, 0.2) is 0 Å².